The van der Waals surface area contributed by atoms with E-state index < -0.39 is 6.61 Å². The van der Waals surface area contributed by atoms with Crippen LogP contribution in [0.15, 0.2) is 46.9 Å². The molecule has 2 aromatic rings. The molecule has 3 rings (SSSR count). The monoisotopic (exact) mass is 442 g/mol. The van der Waals surface area contributed by atoms with Crippen molar-refractivity contribution in [3.63, 3.8) is 0 Å². The minimum atomic E-state index is -2.98. The lowest BCUT2D eigenvalue weighted by Gasteiger charge is -2.35. The third kappa shape index (κ3) is 5.01. The van der Waals surface area contributed by atoms with Crippen LogP contribution in [0.25, 0.3) is 0 Å². The van der Waals surface area contributed by atoms with Crippen molar-refractivity contribution in [2.24, 2.45) is 0 Å². The summed E-state index contributed by atoms with van der Waals surface area (Å²) in [4.78, 5) is 16.5. The molecule has 0 N–H and O–H groups in total. The van der Waals surface area contributed by atoms with Crippen LogP contribution >= 0.6 is 15.9 Å². The Morgan fingerprint density at radius 1 is 1.11 bits per heavy atom. The van der Waals surface area contributed by atoms with Crippen molar-refractivity contribution in [1.29, 1.82) is 0 Å². The highest BCUT2D eigenvalue weighted by atomic mass is 79.9. The molecule has 1 fully saturated rings. The molecule has 4 nitrogen and oxygen atoms in total. The molecule has 0 saturated carbocycles. The van der Waals surface area contributed by atoms with E-state index >= 15 is 0 Å². The van der Waals surface area contributed by atoms with Crippen LogP contribution in [0.5, 0.6) is 5.75 Å². The maximum Gasteiger partial charge on any atom is 0.387 e. The molecule has 1 aliphatic rings. The van der Waals surface area contributed by atoms with Gasteiger partial charge in [-0.15, -0.1) is 0 Å². The molecular formula is C19H18BrF3N2O2. The number of carbonyl (C=O) groups is 1. The SMILES string of the molecule is O=C(c1ccccc1OC(F)F)N1CCN(Cc2ccc(F)c(Br)c2)CC1. The fourth-order valence-electron chi connectivity index (χ4n) is 3.02. The fraction of sp³-hybridized carbons (Fsp3) is 0.316. The minimum Gasteiger partial charge on any atom is -0.434 e. The predicted molar refractivity (Wildman–Crippen MR) is 98.4 cm³/mol. The smallest absolute Gasteiger partial charge is 0.387 e. The molecular weight excluding hydrogens is 425 g/mol. The van der Waals surface area contributed by atoms with Gasteiger partial charge in [-0.3, -0.25) is 9.69 Å². The van der Waals surface area contributed by atoms with Gasteiger partial charge in [0.15, 0.2) is 0 Å². The Hall–Kier alpha value is -2.06. The first-order chi connectivity index (χ1) is 12.9. The number of carbonyl (C=O) groups excluding carboxylic acids is 1. The molecule has 144 valence electrons. The lowest BCUT2D eigenvalue weighted by atomic mass is 10.1. The number of rotatable bonds is 5. The summed E-state index contributed by atoms with van der Waals surface area (Å²) in [5.41, 5.74) is 1.10. The summed E-state index contributed by atoms with van der Waals surface area (Å²) >= 11 is 3.18. The van der Waals surface area contributed by atoms with Crippen molar-refractivity contribution in [3.8, 4) is 5.75 Å². The third-order valence-corrected chi connectivity index (χ3v) is 4.99. The van der Waals surface area contributed by atoms with Gasteiger partial charge < -0.3 is 9.64 Å². The standard InChI is InChI=1S/C19H18BrF3N2O2/c20-15-11-13(5-6-16(15)21)12-24-7-9-25(10-8-24)18(26)14-3-1-2-4-17(14)27-19(22)23/h1-6,11,19H,7-10,12H2. The Morgan fingerprint density at radius 2 is 1.81 bits per heavy atom. The molecule has 0 radical (unpaired) electrons. The first-order valence-electron chi connectivity index (χ1n) is 8.43. The van der Waals surface area contributed by atoms with E-state index in [-0.39, 0.29) is 23.0 Å². The Morgan fingerprint density at radius 3 is 2.48 bits per heavy atom. The maximum absolute atomic E-state index is 13.3. The number of alkyl halides is 2. The van der Waals surface area contributed by atoms with E-state index in [1.165, 1.54) is 18.2 Å². The van der Waals surface area contributed by atoms with Gasteiger partial charge in [0.2, 0.25) is 0 Å². The molecule has 1 saturated heterocycles. The predicted octanol–water partition coefficient (Wildman–Crippen LogP) is 4.15. The van der Waals surface area contributed by atoms with Gasteiger partial charge in [0, 0.05) is 32.7 Å². The number of ether oxygens (including phenoxy) is 1. The van der Waals surface area contributed by atoms with Gasteiger partial charge in [-0.2, -0.15) is 8.78 Å². The summed E-state index contributed by atoms with van der Waals surface area (Å²) in [6.07, 6.45) is 0. The Bertz CT molecular complexity index is 811. The average molecular weight is 443 g/mol. The molecule has 0 bridgehead atoms. The van der Waals surface area contributed by atoms with Gasteiger partial charge in [0.25, 0.3) is 5.91 Å². The molecule has 1 heterocycles. The first kappa shape index (κ1) is 19.7. The van der Waals surface area contributed by atoms with Crippen molar-refractivity contribution in [3.05, 3.63) is 63.9 Å². The fourth-order valence-corrected chi connectivity index (χ4v) is 3.44. The summed E-state index contributed by atoms with van der Waals surface area (Å²) in [5.74, 6) is -0.745. The molecule has 0 spiro atoms. The van der Waals surface area contributed by atoms with E-state index in [4.69, 9.17) is 0 Å². The molecule has 0 aromatic heterocycles. The normalized spacial score (nSPS) is 15.2. The summed E-state index contributed by atoms with van der Waals surface area (Å²) in [5, 5.41) is 0. The van der Waals surface area contributed by atoms with E-state index in [9.17, 15) is 18.0 Å². The minimum absolute atomic E-state index is 0.115. The number of nitrogens with zero attached hydrogens (tertiary/aromatic N) is 2. The van der Waals surface area contributed by atoms with Crippen LogP contribution in [0.3, 0.4) is 0 Å². The number of halogens is 4. The number of para-hydroxylation sites is 1. The highest BCUT2D eigenvalue weighted by Crippen LogP contribution is 2.23. The van der Waals surface area contributed by atoms with Gasteiger partial charge in [0.1, 0.15) is 11.6 Å². The van der Waals surface area contributed by atoms with Crippen LogP contribution in [0.1, 0.15) is 15.9 Å². The molecule has 27 heavy (non-hydrogen) atoms. The van der Waals surface area contributed by atoms with Gasteiger partial charge >= 0.3 is 6.61 Å². The molecule has 2 aromatic carbocycles. The van der Waals surface area contributed by atoms with Crippen molar-refractivity contribution in [1.82, 2.24) is 9.80 Å². The van der Waals surface area contributed by atoms with Crippen molar-refractivity contribution >= 4 is 21.8 Å². The average Bonchev–Trinajstić information content (AvgIpc) is 2.65. The zero-order valence-corrected chi connectivity index (χ0v) is 16.0. The molecule has 0 atom stereocenters. The Balaban J connectivity index is 1.60. The van der Waals surface area contributed by atoms with Crippen molar-refractivity contribution in [2.45, 2.75) is 13.2 Å². The number of benzene rings is 2. The van der Waals surface area contributed by atoms with Gasteiger partial charge in [-0.1, -0.05) is 18.2 Å². The maximum atomic E-state index is 13.3. The van der Waals surface area contributed by atoms with Crippen molar-refractivity contribution < 1.29 is 22.7 Å². The Kier molecular flexibility index (Phi) is 6.38. The van der Waals surface area contributed by atoms with Crippen LogP contribution in [0, 0.1) is 5.82 Å². The number of amides is 1. The van der Waals surface area contributed by atoms with Gasteiger partial charge in [-0.05, 0) is 45.8 Å². The molecule has 1 aliphatic heterocycles. The lowest BCUT2D eigenvalue weighted by Crippen LogP contribution is -2.48. The topological polar surface area (TPSA) is 32.8 Å². The second-order valence-electron chi connectivity index (χ2n) is 6.19. The highest BCUT2D eigenvalue weighted by molar-refractivity contribution is 9.10. The second-order valence-corrected chi connectivity index (χ2v) is 7.05. The first-order valence-corrected chi connectivity index (χ1v) is 9.23. The van der Waals surface area contributed by atoms with Crippen LogP contribution in [-0.2, 0) is 6.54 Å². The van der Waals surface area contributed by atoms with E-state index in [0.717, 1.165) is 5.56 Å². The van der Waals surface area contributed by atoms with Crippen LogP contribution in [-0.4, -0.2) is 48.5 Å². The van der Waals surface area contributed by atoms with Gasteiger partial charge in [0.05, 0.1) is 10.0 Å². The number of hydrogen-bond donors (Lipinski definition) is 0. The number of piperazine rings is 1. The zero-order valence-electron chi connectivity index (χ0n) is 14.4. The van der Waals surface area contributed by atoms with Crippen LogP contribution < -0.4 is 4.74 Å². The van der Waals surface area contributed by atoms with E-state index in [1.807, 2.05) is 0 Å². The van der Waals surface area contributed by atoms with Crippen LogP contribution in [0.2, 0.25) is 0 Å². The molecule has 8 heteroatoms. The van der Waals surface area contributed by atoms with Crippen LogP contribution in [0.4, 0.5) is 13.2 Å². The lowest BCUT2D eigenvalue weighted by molar-refractivity contribution is -0.0503. The summed E-state index contributed by atoms with van der Waals surface area (Å²) in [7, 11) is 0. The Labute approximate surface area is 163 Å². The van der Waals surface area contributed by atoms with E-state index in [0.29, 0.717) is 37.2 Å². The quantitative estimate of drug-likeness (QED) is 0.697. The molecule has 0 unspecified atom stereocenters. The van der Waals surface area contributed by atoms with Crippen molar-refractivity contribution in [2.75, 3.05) is 26.2 Å². The highest BCUT2D eigenvalue weighted by Gasteiger charge is 2.25. The second kappa shape index (κ2) is 8.75. The summed E-state index contributed by atoms with van der Waals surface area (Å²) < 4.78 is 43.3. The van der Waals surface area contributed by atoms with Gasteiger partial charge in [-0.25, -0.2) is 4.39 Å². The summed E-state index contributed by atoms with van der Waals surface area (Å²) in [6, 6.07) is 10.9. The third-order valence-electron chi connectivity index (χ3n) is 4.38. The van der Waals surface area contributed by atoms with E-state index in [2.05, 4.69) is 25.6 Å². The molecule has 0 aliphatic carbocycles. The molecule has 1 amide bonds. The number of hydrogen-bond acceptors (Lipinski definition) is 3. The van der Waals surface area contributed by atoms with E-state index in [1.54, 1.807) is 29.2 Å². The zero-order chi connectivity index (χ0) is 19.4. The largest absolute Gasteiger partial charge is 0.434 e. The summed E-state index contributed by atoms with van der Waals surface area (Å²) in [6.45, 7) is -0.108.